The number of aromatic nitrogens is 4. The second kappa shape index (κ2) is 5.29. The van der Waals surface area contributed by atoms with Crippen LogP contribution < -0.4 is 5.43 Å². The first-order valence-corrected chi connectivity index (χ1v) is 8.96. The van der Waals surface area contributed by atoms with Crippen molar-refractivity contribution in [1.29, 1.82) is 0 Å². The summed E-state index contributed by atoms with van der Waals surface area (Å²) < 4.78 is 9.51. The monoisotopic (exact) mass is 366 g/mol. The molecule has 0 unspecified atom stereocenters. The first-order chi connectivity index (χ1) is 13.7. The van der Waals surface area contributed by atoms with Gasteiger partial charge in [-0.1, -0.05) is 24.3 Å². The normalized spacial score (nSPS) is 11.9. The summed E-state index contributed by atoms with van der Waals surface area (Å²) in [5.41, 5.74) is 3.62. The lowest BCUT2D eigenvalue weighted by Gasteiger charge is -2.12. The van der Waals surface area contributed by atoms with Crippen molar-refractivity contribution in [3.63, 3.8) is 0 Å². The van der Waals surface area contributed by atoms with Crippen LogP contribution in [0.1, 0.15) is 0 Å². The molecular formula is C22H14N4O2. The largest absolute Gasteiger partial charge is 0.461 e. The number of hydrogen-bond donors (Lipinski definition) is 0. The van der Waals surface area contributed by atoms with Crippen LogP contribution in [-0.2, 0) is 7.05 Å². The molecule has 6 aromatic rings. The van der Waals surface area contributed by atoms with Gasteiger partial charge in [0.05, 0.1) is 22.8 Å². The fourth-order valence-electron chi connectivity index (χ4n) is 3.94. The summed E-state index contributed by atoms with van der Waals surface area (Å²) in [7, 11) is 1.92. The predicted molar refractivity (Wildman–Crippen MR) is 108 cm³/mol. The summed E-state index contributed by atoms with van der Waals surface area (Å²) in [6, 6.07) is 19.0. The molecule has 6 rings (SSSR count). The standard InChI is InChI=1S/C22H14N4O2/c1-25-15-9-4-2-7-13(15)19(27)18-21(25)24-20(17-11-6-12-28-17)26-16-10-5-3-8-14(16)23-22(18)26/h2-12H,1H3. The summed E-state index contributed by atoms with van der Waals surface area (Å²) in [5, 5.41) is 1.16. The highest BCUT2D eigenvalue weighted by Crippen LogP contribution is 2.29. The number of pyridine rings is 1. The van der Waals surface area contributed by atoms with E-state index < -0.39 is 0 Å². The molecule has 28 heavy (non-hydrogen) atoms. The number of imidazole rings is 1. The van der Waals surface area contributed by atoms with Crippen LogP contribution in [0.25, 0.3) is 50.2 Å². The SMILES string of the molecule is Cn1c2ccccc2c(=O)c2c1nc(-c1ccco1)n1c3ccccc3nc21. The van der Waals surface area contributed by atoms with Crippen LogP contribution >= 0.6 is 0 Å². The summed E-state index contributed by atoms with van der Waals surface area (Å²) in [4.78, 5) is 23.1. The first kappa shape index (κ1) is 15.2. The molecule has 0 saturated heterocycles. The highest BCUT2D eigenvalue weighted by molar-refractivity contribution is 6.02. The number of fused-ring (bicyclic) bond motifs is 6. The Morgan fingerprint density at radius 2 is 1.64 bits per heavy atom. The average Bonchev–Trinajstić information content (AvgIpc) is 3.39. The van der Waals surface area contributed by atoms with Crippen LogP contribution in [0.2, 0.25) is 0 Å². The van der Waals surface area contributed by atoms with Crippen LogP contribution in [-0.4, -0.2) is 18.9 Å². The number of furan rings is 1. The summed E-state index contributed by atoms with van der Waals surface area (Å²) in [6.45, 7) is 0. The van der Waals surface area contributed by atoms with Crippen molar-refractivity contribution in [3.8, 4) is 11.6 Å². The highest BCUT2D eigenvalue weighted by atomic mass is 16.3. The minimum absolute atomic E-state index is 0.0671. The minimum Gasteiger partial charge on any atom is -0.461 e. The fourth-order valence-corrected chi connectivity index (χ4v) is 3.94. The predicted octanol–water partition coefficient (Wildman–Crippen LogP) is 4.15. The topological polar surface area (TPSA) is 65.3 Å². The number of para-hydroxylation sites is 3. The zero-order valence-corrected chi connectivity index (χ0v) is 15.0. The highest BCUT2D eigenvalue weighted by Gasteiger charge is 2.21. The Kier molecular flexibility index (Phi) is 2.87. The molecule has 6 nitrogen and oxygen atoms in total. The van der Waals surface area contributed by atoms with Crippen molar-refractivity contribution in [1.82, 2.24) is 18.9 Å². The first-order valence-electron chi connectivity index (χ1n) is 8.96. The fraction of sp³-hybridized carbons (Fsp3) is 0.0455. The second-order valence-electron chi connectivity index (χ2n) is 6.78. The van der Waals surface area contributed by atoms with Crippen molar-refractivity contribution < 1.29 is 4.42 Å². The maximum Gasteiger partial charge on any atom is 0.202 e. The van der Waals surface area contributed by atoms with E-state index in [-0.39, 0.29) is 5.43 Å². The van der Waals surface area contributed by atoms with Crippen LogP contribution in [0.15, 0.2) is 76.1 Å². The molecule has 0 spiro atoms. The number of nitrogens with zero attached hydrogens (tertiary/aromatic N) is 4. The van der Waals surface area contributed by atoms with Gasteiger partial charge < -0.3 is 8.98 Å². The van der Waals surface area contributed by atoms with E-state index in [2.05, 4.69) is 0 Å². The zero-order valence-electron chi connectivity index (χ0n) is 15.0. The van der Waals surface area contributed by atoms with Crippen molar-refractivity contribution in [2.75, 3.05) is 0 Å². The van der Waals surface area contributed by atoms with Gasteiger partial charge in [-0.15, -0.1) is 0 Å². The minimum atomic E-state index is -0.0671. The molecule has 2 aromatic carbocycles. The molecule has 4 heterocycles. The van der Waals surface area contributed by atoms with Crippen molar-refractivity contribution in [2.24, 2.45) is 7.05 Å². The van der Waals surface area contributed by atoms with Crippen molar-refractivity contribution >= 4 is 38.6 Å². The molecule has 0 bridgehead atoms. The molecule has 6 heteroatoms. The Labute approximate surface area is 158 Å². The van der Waals surface area contributed by atoms with E-state index in [4.69, 9.17) is 14.4 Å². The van der Waals surface area contributed by atoms with Gasteiger partial charge in [-0.05, 0) is 36.4 Å². The lowest BCUT2D eigenvalue weighted by atomic mass is 10.1. The van der Waals surface area contributed by atoms with Crippen molar-refractivity contribution in [3.05, 3.63) is 77.2 Å². The van der Waals surface area contributed by atoms with E-state index in [0.717, 1.165) is 16.6 Å². The number of benzene rings is 2. The van der Waals surface area contributed by atoms with E-state index in [1.54, 1.807) is 6.26 Å². The summed E-state index contributed by atoms with van der Waals surface area (Å²) in [6.07, 6.45) is 1.62. The Balaban J connectivity index is 1.98. The maximum atomic E-state index is 13.4. The Hall–Kier alpha value is -3.93. The molecule has 0 aliphatic rings. The van der Waals surface area contributed by atoms with Gasteiger partial charge in [0.15, 0.2) is 22.9 Å². The number of hydrogen-bond acceptors (Lipinski definition) is 4. The van der Waals surface area contributed by atoms with Gasteiger partial charge >= 0.3 is 0 Å². The Morgan fingerprint density at radius 3 is 2.46 bits per heavy atom. The molecule has 4 aromatic heterocycles. The summed E-state index contributed by atoms with van der Waals surface area (Å²) in [5.74, 6) is 1.24. The van der Waals surface area contributed by atoms with E-state index in [1.165, 1.54) is 0 Å². The van der Waals surface area contributed by atoms with E-state index in [1.807, 2.05) is 76.7 Å². The lowest BCUT2D eigenvalue weighted by Crippen LogP contribution is -2.13. The second-order valence-corrected chi connectivity index (χ2v) is 6.78. The molecule has 0 N–H and O–H groups in total. The van der Waals surface area contributed by atoms with Gasteiger partial charge in [-0.3, -0.25) is 9.20 Å². The van der Waals surface area contributed by atoms with Crippen LogP contribution in [0, 0.1) is 0 Å². The smallest absolute Gasteiger partial charge is 0.202 e. The van der Waals surface area contributed by atoms with E-state index in [0.29, 0.717) is 33.7 Å². The molecule has 0 fully saturated rings. The zero-order chi connectivity index (χ0) is 18.8. The van der Waals surface area contributed by atoms with Gasteiger partial charge in [0.25, 0.3) is 0 Å². The third-order valence-corrected chi connectivity index (χ3v) is 5.23. The molecular weight excluding hydrogens is 352 g/mol. The molecule has 0 radical (unpaired) electrons. The maximum absolute atomic E-state index is 13.4. The Bertz CT molecular complexity index is 1590. The van der Waals surface area contributed by atoms with Gasteiger partial charge in [0.2, 0.25) is 5.43 Å². The van der Waals surface area contributed by atoms with Crippen LogP contribution in [0.3, 0.4) is 0 Å². The number of rotatable bonds is 1. The third kappa shape index (κ3) is 1.84. The van der Waals surface area contributed by atoms with Gasteiger partial charge in [0.1, 0.15) is 5.39 Å². The van der Waals surface area contributed by atoms with Gasteiger partial charge in [0, 0.05) is 12.4 Å². The van der Waals surface area contributed by atoms with Crippen LogP contribution in [0.5, 0.6) is 0 Å². The van der Waals surface area contributed by atoms with Gasteiger partial charge in [-0.2, -0.15) is 0 Å². The van der Waals surface area contributed by atoms with E-state index in [9.17, 15) is 4.79 Å². The van der Waals surface area contributed by atoms with Crippen molar-refractivity contribution in [2.45, 2.75) is 0 Å². The quantitative estimate of drug-likeness (QED) is 0.410. The molecule has 0 aliphatic heterocycles. The molecule has 0 saturated carbocycles. The van der Waals surface area contributed by atoms with E-state index >= 15 is 0 Å². The molecule has 0 aliphatic carbocycles. The lowest BCUT2D eigenvalue weighted by molar-refractivity contribution is 0.576. The summed E-state index contributed by atoms with van der Waals surface area (Å²) >= 11 is 0. The Morgan fingerprint density at radius 1 is 0.857 bits per heavy atom. The van der Waals surface area contributed by atoms with Gasteiger partial charge in [-0.25, -0.2) is 9.97 Å². The third-order valence-electron chi connectivity index (χ3n) is 5.23. The van der Waals surface area contributed by atoms with Crippen LogP contribution in [0.4, 0.5) is 0 Å². The molecule has 134 valence electrons. The number of aryl methyl sites for hydroxylation is 1. The molecule has 0 atom stereocenters. The molecule has 0 amide bonds. The average molecular weight is 366 g/mol.